The Hall–Kier alpha value is -2.22. The van der Waals surface area contributed by atoms with E-state index in [1.165, 1.54) is 5.56 Å². The Balaban J connectivity index is 1.69. The molecule has 3 aromatic rings. The van der Waals surface area contributed by atoms with Gasteiger partial charge in [0.05, 0.1) is 26.9 Å². The number of nitrogens with zero attached hydrogens (tertiary/aromatic N) is 2. The number of nitrogens with two attached hydrogens (primary N) is 1. The van der Waals surface area contributed by atoms with Gasteiger partial charge in [-0.2, -0.15) is 0 Å². The third-order valence-corrected chi connectivity index (χ3v) is 7.00. The van der Waals surface area contributed by atoms with E-state index in [4.69, 9.17) is 10.5 Å². The Bertz CT molecular complexity index is 1060. The lowest BCUT2D eigenvalue weighted by molar-refractivity contribution is 0.0229. The number of H-pyrrole nitrogens is 1. The summed E-state index contributed by atoms with van der Waals surface area (Å²) in [5.74, 6) is 0.386. The predicted molar refractivity (Wildman–Crippen MR) is 122 cm³/mol. The first-order valence-corrected chi connectivity index (χ1v) is 11.3. The number of pyridine rings is 1. The zero-order valence-electron chi connectivity index (χ0n) is 18.3. The van der Waals surface area contributed by atoms with Gasteiger partial charge in [-0.15, -0.1) is 11.3 Å². The van der Waals surface area contributed by atoms with Crippen LogP contribution in [0.2, 0.25) is 0 Å². The normalized spacial score (nSPS) is 19.8. The van der Waals surface area contributed by atoms with Gasteiger partial charge in [-0.25, -0.2) is 0 Å². The van der Waals surface area contributed by atoms with Crippen LogP contribution in [0.3, 0.4) is 0 Å². The average Bonchev–Trinajstić information content (AvgIpc) is 3.24. The van der Waals surface area contributed by atoms with Crippen molar-refractivity contribution in [2.24, 2.45) is 5.73 Å². The van der Waals surface area contributed by atoms with E-state index >= 15 is 0 Å². The Labute approximate surface area is 181 Å². The molecular weight excluding hydrogens is 396 g/mol. The van der Waals surface area contributed by atoms with E-state index in [2.05, 4.69) is 35.9 Å². The maximum absolute atomic E-state index is 13.2. The minimum atomic E-state index is -0.145. The summed E-state index contributed by atoms with van der Waals surface area (Å²) in [5, 5.41) is 0. The van der Waals surface area contributed by atoms with Gasteiger partial charge < -0.3 is 20.4 Å². The highest BCUT2D eigenvalue weighted by molar-refractivity contribution is 7.21. The van der Waals surface area contributed by atoms with Crippen LogP contribution in [0, 0.1) is 13.8 Å². The minimum absolute atomic E-state index is 0.0226. The number of nitrogens with one attached hydrogen (secondary N) is 1. The van der Waals surface area contributed by atoms with Crippen LogP contribution in [0.15, 0.2) is 18.2 Å². The summed E-state index contributed by atoms with van der Waals surface area (Å²) in [6.45, 7) is 9.64. The van der Waals surface area contributed by atoms with Gasteiger partial charge in [-0.1, -0.05) is 13.8 Å². The van der Waals surface area contributed by atoms with Crippen molar-refractivity contribution in [2.75, 3.05) is 20.2 Å². The number of carbonyl (C=O) groups is 1. The number of rotatable bonds is 4. The van der Waals surface area contributed by atoms with Crippen LogP contribution >= 0.6 is 11.3 Å². The molecule has 0 unspecified atom stereocenters. The van der Waals surface area contributed by atoms with Crippen molar-refractivity contribution in [3.63, 3.8) is 0 Å². The SMILES string of the molecule is CO[C@@H]1CCN(C(=O)c2cc3[nH]c(-c4cc(C)nc(C)c4)c(C(C)C)c3s2)C[C@@H]1N. The lowest BCUT2D eigenvalue weighted by atomic mass is 9.99. The number of methoxy groups -OCH3 is 1. The minimum Gasteiger partial charge on any atom is -0.380 e. The number of ether oxygens (including phenoxy) is 1. The number of fused-ring (bicyclic) bond motifs is 1. The van der Waals surface area contributed by atoms with Gasteiger partial charge in [0, 0.05) is 43.2 Å². The number of hydrogen-bond donors (Lipinski definition) is 2. The van der Waals surface area contributed by atoms with E-state index in [-0.39, 0.29) is 18.1 Å². The number of aromatic amines is 1. The Kier molecular flexibility index (Phi) is 5.70. The largest absolute Gasteiger partial charge is 0.380 e. The molecule has 1 amide bonds. The number of aromatic nitrogens is 2. The van der Waals surface area contributed by atoms with Crippen molar-refractivity contribution in [3.8, 4) is 11.3 Å². The Morgan fingerprint density at radius 2 is 2.00 bits per heavy atom. The molecule has 0 bridgehead atoms. The number of hydrogen-bond acceptors (Lipinski definition) is 5. The van der Waals surface area contributed by atoms with Crippen molar-refractivity contribution >= 4 is 27.5 Å². The van der Waals surface area contributed by atoms with Crippen molar-refractivity contribution in [2.45, 2.75) is 52.2 Å². The number of amides is 1. The standard InChI is InChI=1S/C23H30N4O2S/c1-12(2)20-21(15-8-13(3)25-14(4)9-15)26-17-10-19(30-22(17)20)23(28)27-7-6-18(29-5)16(24)11-27/h8-10,12,16,18,26H,6-7,11,24H2,1-5H3/t16-,18+/m0/s1. The monoisotopic (exact) mass is 426 g/mol. The molecule has 4 rings (SSSR count). The lowest BCUT2D eigenvalue weighted by Crippen LogP contribution is -2.53. The topological polar surface area (TPSA) is 84.2 Å². The van der Waals surface area contributed by atoms with Crippen molar-refractivity contribution in [3.05, 3.63) is 40.0 Å². The summed E-state index contributed by atoms with van der Waals surface area (Å²) in [6.07, 6.45) is 0.795. The molecule has 0 aliphatic carbocycles. The average molecular weight is 427 g/mol. The first-order chi connectivity index (χ1) is 14.3. The van der Waals surface area contributed by atoms with Gasteiger partial charge >= 0.3 is 0 Å². The summed E-state index contributed by atoms with van der Waals surface area (Å²) in [4.78, 5) is 23.9. The van der Waals surface area contributed by atoms with Crippen LogP contribution in [-0.4, -0.2) is 53.1 Å². The second-order valence-corrected chi connectivity index (χ2v) is 9.59. The lowest BCUT2D eigenvalue weighted by Gasteiger charge is -2.35. The molecule has 0 aromatic carbocycles. The first kappa shape index (κ1) is 21.0. The molecule has 0 saturated carbocycles. The van der Waals surface area contributed by atoms with Crippen LogP contribution in [0.25, 0.3) is 21.5 Å². The third-order valence-electron chi connectivity index (χ3n) is 5.85. The molecule has 160 valence electrons. The smallest absolute Gasteiger partial charge is 0.264 e. The molecule has 6 nitrogen and oxygen atoms in total. The van der Waals surface area contributed by atoms with Gasteiger partial charge in [0.2, 0.25) is 0 Å². The highest BCUT2D eigenvalue weighted by Crippen LogP contribution is 2.40. The Morgan fingerprint density at radius 3 is 2.60 bits per heavy atom. The fraction of sp³-hybridized carbons (Fsp3) is 0.478. The quantitative estimate of drug-likeness (QED) is 0.654. The number of aryl methyl sites for hydroxylation is 2. The molecular formula is C23H30N4O2S. The molecule has 1 aliphatic heterocycles. The molecule has 7 heteroatoms. The number of piperidine rings is 1. The maximum atomic E-state index is 13.2. The second kappa shape index (κ2) is 8.13. The van der Waals surface area contributed by atoms with Crippen molar-refractivity contribution < 1.29 is 9.53 Å². The fourth-order valence-corrected chi connectivity index (χ4v) is 5.74. The molecule has 1 saturated heterocycles. The van der Waals surface area contributed by atoms with E-state index < -0.39 is 0 Å². The zero-order valence-corrected chi connectivity index (χ0v) is 19.1. The summed E-state index contributed by atoms with van der Waals surface area (Å²) < 4.78 is 6.58. The van der Waals surface area contributed by atoms with Crippen LogP contribution in [0.1, 0.15) is 52.8 Å². The van der Waals surface area contributed by atoms with Gasteiger partial charge in [-0.05, 0) is 49.9 Å². The molecule has 30 heavy (non-hydrogen) atoms. The molecule has 0 spiro atoms. The second-order valence-electron chi connectivity index (χ2n) is 8.54. The molecule has 1 aliphatic rings. The van der Waals surface area contributed by atoms with Crippen LogP contribution in [-0.2, 0) is 4.74 Å². The first-order valence-electron chi connectivity index (χ1n) is 10.5. The molecule has 3 aromatic heterocycles. The fourth-order valence-electron chi connectivity index (χ4n) is 4.46. The molecule has 2 atom stereocenters. The molecule has 1 fully saturated rings. The summed E-state index contributed by atoms with van der Waals surface area (Å²) in [5.41, 5.74) is 12.8. The molecule has 3 N–H and O–H groups in total. The van der Waals surface area contributed by atoms with Crippen molar-refractivity contribution in [1.82, 2.24) is 14.9 Å². The van der Waals surface area contributed by atoms with Crippen molar-refractivity contribution in [1.29, 1.82) is 0 Å². The van der Waals surface area contributed by atoms with E-state index in [0.717, 1.165) is 44.2 Å². The highest BCUT2D eigenvalue weighted by atomic mass is 32.1. The number of likely N-dealkylation sites (tertiary alicyclic amines) is 1. The zero-order chi connectivity index (χ0) is 21.6. The summed E-state index contributed by atoms with van der Waals surface area (Å²) >= 11 is 1.58. The van der Waals surface area contributed by atoms with Crippen LogP contribution < -0.4 is 5.73 Å². The van der Waals surface area contributed by atoms with E-state index in [0.29, 0.717) is 19.0 Å². The van der Waals surface area contributed by atoms with Crippen LogP contribution in [0.4, 0.5) is 0 Å². The highest BCUT2D eigenvalue weighted by Gasteiger charge is 2.31. The number of carbonyl (C=O) groups excluding carboxylic acids is 1. The third kappa shape index (κ3) is 3.77. The molecule has 4 heterocycles. The van der Waals surface area contributed by atoms with E-state index in [1.54, 1.807) is 18.4 Å². The van der Waals surface area contributed by atoms with E-state index in [9.17, 15) is 4.79 Å². The summed E-state index contributed by atoms with van der Waals surface area (Å²) in [7, 11) is 1.68. The maximum Gasteiger partial charge on any atom is 0.264 e. The number of thiophene rings is 1. The van der Waals surface area contributed by atoms with Gasteiger partial charge in [0.15, 0.2) is 0 Å². The van der Waals surface area contributed by atoms with Gasteiger partial charge in [0.1, 0.15) is 0 Å². The Morgan fingerprint density at radius 1 is 1.30 bits per heavy atom. The molecule has 0 radical (unpaired) electrons. The van der Waals surface area contributed by atoms with E-state index in [1.807, 2.05) is 24.8 Å². The predicted octanol–water partition coefficient (Wildman–Crippen LogP) is 4.22. The van der Waals surface area contributed by atoms with Gasteiger partial charge in [-0.3, -0.25) is 9.78 Å². The summed E-state index contributed by atoms with van der Waals surface area (Å²) in [6, 6.07) is 6.07. The van der Waals surface area contributed by atoms with Gasteiger partial charge in [0.25, 0.3) is 5.91 Å². The van der Waals surface area contributed by atoms with Crippen LogP contribution in [0.5, 0.6) is 0 Å².